The van der Waals surface area contributed by atoms with E-state index in [1.807, 2.05) is 6.92 Å². The van der Waals surface area contributed by atoms with Crippen molar-refractivity contribution in [1.82, 2.24) is 4.98 Å². The van der Waals surface area contributed by atoms with Crippen molar-refractivity contribution >= 4 is 5.97 Å². The highest BCUT2D eigenvalue weighted by molar-refractivity contribution is 5.75. The van der Waals surface area contributed by atoms with Gasteiger partial charge >= 0.3 is 11.6 Å². The molecule has 0 saturated heterocycles. The standard InChI is InChI=1S/C30H37NO8/c1-28-10-9-22(38-26(34)16-7-8-16)29(2,15-36-4)20(28)13-21(32)30(3)25(28)24(33)23-19(39-30)12-18(37-27(23)35)17-6-5-11-31-14-17/h5-6,11-12,14,16,20-22,24-25,32-33H,7-10,13,15H2,1-4H3/t20?,21?,22?,24?,25?,28?,29-,30?/m1/s1. The Morgan fingerprint density at radius 2 is 1.97 bits per heavy atom. The quantitative estimate of drug-likeness (QED) is 0.547. The first-order valence-electron chi connectivity index (χ1n) is 13.9. The summed E-state index contributed by atoms with van der Waals surface area (Å²) in [6.45, 7) is 6.30. The van der Waals surface area contributed by atoms with Gasteiger partial charge in [-0.05, 0) is 62.5 Å². The molecule has 0 bridgehead atoms. The summed E-state index contributed by atoms with van der Waals surface area (Å²) in [5.74, 6) is -0.486. The van der Waals surface area contributed by atoms with E-state index >= 15 is 0 Å². The Kier molecular flexibility index (Phi) is 6.21. The number of ether oxygens (including phenoxy) is 3. The van der Waals surface area contributed by atoms with Crippen LogP contribution in [0.25, 0.3) is 11.3 Å². The van der Waals surface area contributed by atoms with Crippen LogP contribution in [-0.2, 0) is 14.3 Å². The number of pyridine rings is 1. The Hall–Kier alpha value is -2.75. The summed E-state index contributed by atoms with van der Waals surface area (Å²) in [5.41, 5.74) is -2.34. The fourth-order valence-corrected chi connectivity index (χ4v) is 8.10. The van der Waals surface area contributed by atoms with Crippen molar-refractivity contribution < 1.29 is 33.6 Å². The molecule has 210 valence electrons. The molecule has 2 aromatic heterocycles. The molecule has 39 heavy (non-hydrogen) atoms. The maximum absolute atomic E-state index is 13.3. The van der Waals surface area contributed by atoms with Crippen molar-refractivity contribution in [1.29, 1.82) is 0 Å². The molecule has 3 heterocycles. The van der Waals surface area contributed by atoms with Crippen LogP contribution in [-0.4, -0.2) is 52.7 Å². The van der Waals surface area contributed by atoms with E-state index < -0.39 is 40.2 Å². The third-order valence-electron chi connectivity index (χ3n) is 10.2. The van der Waals surface area contributed by atoms with Crippen LogP contribution in [0.15, 0.2) is 39.8 Å². The minimum Gasteiger partial charge on any atom is -0.484 e. The highest BCUT2D eigenvalue weighted by Gasteiger charge is 2.69. The largest absolute Gasteiger partial charge is 0.484 e. The van der Waals surface area contributed by atoms with Crippen LogP contribution in [0.5, 0.6) is 5.75 Å². The molecule has 4 aliphatic rings. The molecule has 3 aliphatic carbocycles. The zero-order chi connectivity index (χ0) is 27.7. The number of carbonyl (C=O) groups excluding carboxylic acids is 1. The third-order valence-corrected chi connectivity index (χ3v) is 10.2. The van der Waals surface area contributed by atoms with Crippen LogP contribution in [0.4, 0.5) is 0 Å². The number of aliphatic hydroxyl groups is 2. The third kappa shape index (κ3) is 3.96. The van der Waals surface area contributed by atoms with E-state index in [2.05, 4.69) is 18.8 Å². The molecule has 0 radical (unpaired) electrons. The lowest BCUT2D eigenvalue weighted by Gasteiger charge is -2.66. The molecule has 7 unspecified atom stereocenters. The summed E-state index contributed by atoms with van der Waals surface area (Å²) in [7, 11) is 1.63. The van der Waals surface area contributed by atoms with E-state index in [0.29, 0.717) is 31.4 Å². The first-order chi connectivity index (χ1) is 18.5. The first kappa shape index (κ1) is 26.5. The number of fused-ring (bicyclic) bond motifs is 4. The van der Waals surface area contributed by atoms with Crippen molar-refractivity contribution in [3.63, 3.8) is 0 Å². The first-order valence-corrected chi connectivity index (χ1v) is 13.9. The minimum atomic E-state index is -1.22. The topological polar surface area (TPSA) is 128 Å². The van der Waals surface area contributed by atoms with Gasteiger partial charge in [0.2, 0.25) is 0 Å². The predicted molar refractivity (Wildman–Crippen MR) is 140 cm³/mol. The second kappa shape index (κ2) is 9.14. The van der Waals surface area contributed by atoms with Gasteiger partial charge in [-0.15, -0.1) is 0 Å². The maximum atomic E-state index is 13.3. The summed E-state index contributed by atoms with van der Waals surface area (Å²) in [5, 5.41) is 23.6. The molecule has 3 fully saturated rings. The number of hydrogen-bond donors (Lipinski definition) is 2. The number of esters is 1. The summed E-state index contributed by atoms with van der Waals surface area (Å²) in [6.07, 6.45) is 3.97. The van der Waals surface area contributed by atoms with E-state index in [-0.39, 0.29) is 41.0 Å². The van der Waals surface area contributed by atoms with Crippen molar-refractivity contribution in [2.75, 3.05) is 13.7 Å². The average molecular weight is 540 g/mol. The van der Waals surface area contributed by atoms with Crippen LogP contribution in [0.1, 0.15) is 64.5 Å². The van der Waals surface area contributed by atoms with Gasteiger partial charge in [0.25, 0.3) is 0 Å². The molecule has 9 heteroatoms. The zero-order valence-corrected chi connectivity index (χ0v) is 22.9. The van der Waals surface area contributed by atoms with Crippen molar-refractivity contribution in [3.05, 3.63) is 46.6 Å². The smallest absolute Gasteiger partial charge is 0.345 e. The monoisotopic (exact) mass is 539 g/mol. The zero-order valence-electron chi connectivity index (χ0n) is 22.9. The SMILES string of the molecule is COC[C@@]1(C)C(OC(=O)C2CC2)CCC2(C)C3C(O)c4c(cc(-c5cccnc5)oc4=O)OC3(C)C(O)CC21. The second-order valence-electron chi connectivity index (χ2n) is 12.6. The van der Waals surface area contributed by atoms with Gasteiger partial charge in [-0.3, -0.25) is 9.78 Å². The number of aromatic nitrogens is 1. The molecule has 2 aromatic rings. The minimum absolute atomic E-state index is 0.0220. The highest BCUT2D eigenvalue weighted by atomic mass is 16.5. The van der Waals surface area contributed by atoms with Crippen LogP contribution < -0.4 is 10.4 Å². The maximum Gasteiger partial charge on any atom is 0.345 e. The van der Waals surface area contributed by atoms with Crippen LogP contribution >= 0.6 is 0 Å². The number of aliphatic hydroxyl groups excluding tert-OH is 2. The van der Waals surface area contributed by atoms with Crippen LogP contribution in [0.2, 0.25) is 0 Å². The van der Waals surface area contributed by atoms with Crippen molar-refractivity contribution in [2.24, 2.45) is 28.6 Å². The number of carbonyl (C=O) groups is 1. The van der Waals surface area contributed by atoms with E-state index in [1.165, 1.54) is 0 Å². The lowest BCUT2D eigenvalue weighted by atomic mass is 9.42. The summed E-state index contributed by atoms with van der Waals surface area (Å²) in [4.78, 5) is 30.1. The Morgan fingerprint density at radius 3 is 2.64 bits per heavy atom. The van der Waals surface area contributed by atoms with Crippen LogP contribution in [0.3, 0.4) is 0 Å². The fraction of sp³-hybridized carbons (Fsp3) is 0.633. The fourth-order valence-electron chi connectivity index (χ4n) is 8.10. The van der Waals surface area contributed by atoms with Gasteiger partial charge in [-0.2, -0.15) is 0 Å². The van der Waals surface area contributed by atoms with E-state index in [1.54, 1.807) is 37.7 Å². The summed E-state index contributed by atoms with van der Waals surface area (Å²) < 4.78 is 23.9. The number of rotatable bonds is 5. The van der Waals surface area contributed by atoms with E-state index in [0.717, 1.165) is 12.8 Å². The van der Waals surface area contributed by atoms with Gasteiger partial charge in [-0.25, -0.2) is 4.79 Å². The number of hydrogen-bond acceptors (Lipinski definition) is 9. The Balaban J connectivity index is 1.41. The molecule has 3 saturated carbocycles. The van der Waals surface area contributed by atoms with E-state index in [4.69, 9.17) is 18.6 Å². The molecule has 1 aliphatic heterocycles. The Labute approximate surface area is 227 Å². The normalized spacial score (nSPS) is 39.1. The molecule has 0 aromatic carbocycles. The van der Waals surface area contributed by atoms with Gasteiger partial charge in [0, 0.05) is 42.5 Å². The van der Waals surface area contributed by atoms with Gasteiger partial charge < -0.3 is 28.8 Å². The molecule has 2 N–H and O–H groups in total. The lowest BCUT2D eigenvalue weighted by molar-refractivity contribution is -0.267. The summed E-state index contributed by atoms with van der Waals surface area (Å²) in [6, 6.07) is 5.11. The summed E-state index contributed by atoms with van der Waals surface area (Å²) >= 11 is 0. The van der Waals surface area contributed by atoms with Gasteiger partial charge in [0.1, 0.15) is 28.8 Å². The van der Waals surface area contributed by atoms with Gasteiger partial charge in [0.15, 0.2) is 0 Å². The molecule has 6 rings (SSSR count). The molecule has 9 nitrogen and oxygen atoms in total. The molecular formula is C30H37NO8. The molecule has 8 atom stereocenters. The number of methoxy groups -OCH3 is 1. The average Bonchev–Trinajstić information content (AvgIpc) is 3.74. The van der Waals surface area contributed by atoms with Gasteiger partial charge in [0.05, 0.1) is 24.7 Å². The second-order valence-corrected chi connectivity index (χ2v) is 12.6. The van der Waals surface area contributed by atoms with Crippen molar-refractivity contribution in [3.8, 4) is 17.1 Å². The highest BCUT2D eigenvalue weighted by Crippen LogP contribution is 2.67. The molecule has 0 amide bonds. The van der Waals surface area contributed by atoms with Crippen LogP contribution in [0, 0.1) is 28.6 Å². The van der Waals surface area contributed by atoms with E-state index in [9.17, 15) is 19.8 Å². The Bertz CT molecular complexity index is 1320. The van der Waals surface area contributed by atoms with Gasteiger partial charge in [-0.1, -0.05) is 13.8 Å². The predicted octanol–water partition coefficient (Wildman–Crippen LogP) is 3.66. The number of nitrogens with zero attached hydrogens (tertiary/aromatic N) is 1. The molecule has 0 spiro atoms. The Morgan fingerprint density at radius 1 is 1.21 bits per heavy atom. The van der Waals surface area contributed by atoms with Crippen molar-refractivity contribution in [2.45, 2.75) is 76.8 Å². The molecular weight excluding hydrogens is 502 g/mol. The lowest BCUT2D eigenvalue weighted by Crippen LogP contribution is -2.70.